The van der Waals surface area contributed by atoms with Crippen molar-refractivity contribution in [3.63, 3.8) is 0 Å². The van der Waals surface area contributed by atoms with E-state index in [1.54, 1.807) is 18.2 Å². The molecule has 0 aliphatic rings. The maximum absolute atomic E-state index is 12.2. The zero-order chi connectivity index (χ0) is 14.0. The topological polar surface area (TPSA) is 29.1 Å². The maximum Gasteiger partial charge on any atom is 0.255 e. The summed E-state index contributed by atoms with van der Waals surface area (Å²) in [6.45, 7) is 3.89. The molecule has 0 fully saturated rings. The van der Waals surface area contributed by atoms with E-state index in [-0.39, 0.29) is 5.91 Å². The van der Waals surface area contributed by atoms with Crippen molar-refractivity contribution in [1.29, 1.82) is 0 Å². The summed E-state index contributed by atoms with van der Waals surface area (Å²) in [4.78, 5) is 12.2. The van der Waals surface area contributed by atoms with Crippen LogP contribution in [0.4, 0.5) is 5.69 Å². The number of carbonyl (C=O) groups excluding carboxylic acids is 1. The van der Waals surface area contributed by atoms with E-state index in [9.17, 15) is 4.79 Å². The summed E-state index contributed by atoms with van der Waals surface area (Å²) in [6.07, 6.45) is 0. The van der Waals surface area contributed by atoms with Crippen LogP contribution in [0.25, 0.3) is 0 Å². The van der Waals surface area contributed by atoms with Crippen molar-refractivity contribution in [1.82, 2.24) is 0 Å². The lowest BCUT2D eigenvalue weighted by atomic mass is 10.1. The third-order valence-electron chi connectivity index (χ3n) is 2.82. The molecule has 98 valence electrons. The Kier molecular flexibility index (Phi) is 4.27. The Labute approximate surface area is 125 Å². The van der Waals surface area contributed by atoms with Crippen LogP contribution in [0.1, 0.15) is 21.5 Å². The Morgan fingerprint density at radius 3 is 2.58 bits per heavy atom. The molecule has 2 nitrogen and oxygen atoms in total. The molecule has 0 saturated heterocycles. The minimum atomic E-state index is -0.115. The van der Waals surface area contributed by atoms with E-state index in [2.05, 4.69) is 21.2 Å². The molecule has 2 rings (SSSR count). The third kappa shape index (κ3) is 3.37. The zero-order valence-electron chi connectivity index (χ0n) is 10.6. The monoisotopic (exact) mass is 337 g/mol. The number of benzene rings is 2. The molecular formula is C15H13BrClNO. The Hall–Kier alpha value is -1.32. The van der Waals surface area contributed by atoms with Crippen molar-refractivity contribution in [2.75, 3.05) is 5.32 Å². The Balaban J connectivity index is 2.25. The number of amides is 1. The largest absolute Gasteiger partial charge is 0.322 e. The minimum absolute atomic E-state index is 0.115. The molecule has 0 spiro atoms. The van der Waals surface area contributed by atoms with Gasteiger partial charge in [0.25, 0.3) is 5.91 Å². The molecule has 2 aromatic carbocycles. The number of anilines is 1. The zero-order valence-corrected chi connectivity index (χ0v) is 13.0. The van der Waals surface area contributed by atoms with Crippen LogP contribution in [-0.2, 0) is 0 Å². The predicted molar refractivity (Wildman–Crippen MR) is 83.0 cm³/mol. The molecule has 0 aliphatic heterocycles. The van der Waals surface area contributed by atoms with Crippen LogP contribution in [0.5, 0.6) is 0 Å². The second kappa shape index (κ2) is 5.76. The fourth-order valence-corrected chi connectivity index (χ4v) is 2.25. The van der Waals surface area contributed by atoms with Crippen LogP contribution in [0.3, 0.4) is 0 Å². The van der Waals surface area contributed by atoms with Crippen LogP contribution in [0, 0.1) is 13.8 Å². The number of nitrogens with one attached hydrogen (secondary N) is 1. The predicted octanol–water partition coefficient (Wildman–Crippen LogP) is 4.97. The first-order valence-electron chi connectivity index (χ1n) is 5.81. The molecule has 19 heavy (non-hydrogen) atoms. The van der Waals surface area contributed by atoms with Crippen LogP contribution < -0.4 is 5.32 Å². The SMILES string of the molecule is Cc1ccc(C)c(C(=O)Nc2ccc(Cl)c(Br)c2)c1. The quantitative estimate of drug-likeness (QED) is 0.823. The van der Waals surface area contributed by atoms with Gasteiger partial charge in [0, 0.05) is 15.7 Å². The fraction of sp³-hybridized carbons (Fsp3) is 0.133. The molecule has 0 aliphatic carbocycles. The van der Waals surface area contributed by atoms with Gasteiger partial charge in [-0.2, -0.15) is 0 Å². The molecule has 0 radical (unpaired) electrons. The van der Waals surface area contributed by atoms with E-state index < -0.39 is 0 Å². The Morgan fingerprint density at radius 2 is 1.89 bits per heavy atom. The Morgan fingerprint density at radius 1 is 1.16 bits per heavy atom. The van der Waals surface area contributed by atoms with Crippen LogP contribution in [-0.4, -0.2) is 5.91 Å². The first-order chi connectivity index (χ1) is 8.97. The molecule has 0 bridgehead atoms. The molecule has 1 amide bonds. The number of hydrogen-bond donors (Lipinski definition) is 1. The lowest BCUT2D eigenvalue weighted by Gasteiger charge is -2.09. The van der Waals surface area contributed by atoms with Crippen molar-refractivity contribution < 1.29 is 4.79 Å². The highest BCUT2D eigenvalue weighted by Crippen LogP contribution is 2.26. The third-order valence-corrected chi connectivity index (χ3v) is 4.03. The van der Waals surface area contributed by atoms with Gasteiger partial charge < -0.3 is 5.32 Å². The summed E-state index contributed by atoms with van der Waals surface area (Å²) in [5.74, 6) is -0.115. The second-order valence-electron chi connectivity index (χ2n) is 4.40. The van der Waals surface area contributed by atoms with Gasteiger partial charge >= 0.3 is 0 Å². The number of hydrogen-bond acceptors (Lipinski definition) is 1. The Bertz CT molecular complexity index is 640. The first kappa shape index (κ1) is 14.1. The number of halogens is 2. The lowest BCUT2D eigenvalue weighted by molar-refractivity contribution is 0.102. The van der Waals surface area contributed by atoms with Crippen molar-refractivity contribution >= 4 is 39.1 Å². The summed E-state index contributed by atoms with van der Waals surface area (Å²) < 4.78 is 0.757. The van der Waals surface area contributed by atoms with Gasteiger partial charge in [0.15, 0.2) is 0 Å². The van der Waals surface area contributed by atoms with Gasteiger partial charge in [-0.15, -0.1) is 0 Å². The number of aryl methyl sites for hydroxylation is 2. The van der Waals surface area contributed by atoms with Gasteiger partial charge in [-0.1, -0.05) is 29.3 Å². The lowest BCUT2D eigenvalue weighted by Crippen LogP contribution is -2.13. The van der Waals surface area contributed by atoms with E-state index in [0.29, 0.717) is 16.3 Å². The molecule has 0 atom stereocenters. The summed E-state index contributed by atoms with van der Waals surface area (Å²) in [5.41, 5.74) is 3.41. The van der Waals surface area contributed by atoms with Crippen LogP contribution >= 0.6 is 27.5 Å². The highest BCUT2D eigenvalue weighted by molar-refractivity contribution is 9.10. The van der Waals surface area contributed by atoms with Crippen LogP contribution in [0.2, 0.25) is 5.02 Å². The molecule has 2 aromatic rings. The molecule has 4 heteroatoms. The van der Waals surface area contributed by atoms with E-state index in [1.807, 2.05) is 32.0 Å². The molecule has 0 heterocycles. The second-order valence-corrected chi connectivity index (χ2v) is 5.66. The summed E-state index contributed by atoms with van der Waals surface area (Å²) in [7, 11) is 0. The fourth-order valence-electron chi connectivity index (χ4n) is 1.75. The van der Waals surface area contributed by atoms with Crippen LogP contribution in [0.15, 0.2) is 40.9 Å². The maximum atomic E-state index is 12.2. The van der Waals surface area contributed by atoms with Gasteiger partial charge in [-0.25, -0.2) is 0 Å². The van der Waals surface area contributed by atoms with Gasteiger partial charge in [-0.3, -0.25) is 4.79 Å². The number of rotatable bonds is 2. The molecular weight excluding hydrogens is 326 g/mol. The standard InChI is InChI=1S/C15H13BrClNO/c1-9-3-4-10(2)12(7-9)15(19)18-11-5-6-14(17)13(16)8-11/h3-8H,1-2H3,(H,18,19). The van der Waals surface area contributed by atoms with Crippen molar-refractivity contribution in [2.45, 2.75) is 13.8 Å². The molecule has 0 unspecified atom stereocenters. The molecule has 0 saturated carbocycles. The van der Waals surface area contributed by atoms with E-state index in [4.69, 9.17) is 11.6 Å². The van der Waals surface area contributed by atoms with Gasteiger partial charge in [0.05, 0.1) is 5.02 Å². The van der Waals surface area contributed by atoms with Gasteiger partial charge in [-0.05, 0) is 59.6 Å². The van der Waals surface area contributed by atoms with Crippen molar-refractivity contribution in [3.05, 3.63) is 62.6 Å². The molecule has 0 aromatic heterocycles. The minimum Gasteiger partial charge on any atom is -0.322 e. The average molecular weight is 339 g/mol. The first-order valence-corrected chi connectivity index (χ1v) is 6.98. The van der Waals surface area contributed by atoms with Gasteiger partial charge in [0.2, 0.25) is 0 Å². The van der Waals surface area contributed by atoms with E-state index in [0.717, 1.165) is 15.6 Å². The average Bonchev–Trinajstić information content (AvgIpc) is 2.36. The summed E-state index contributed by atoms with van der Waals surface area (Å²) in [6, 6.07) is 11.1. The van der Waals surface area contributed by atoms with Crippen molar-refractivity contribution in [2.24, 2.45) is 0 Å². The number of carbonyl (C=O) groups is 1. The van der Waals surface area contributed by atoms with E-state index >= 15 is 0 Å². The summed E-state index contributed by atoms with van der Waals surface area (Å²) >= 11 is 9.26. The van der Waals surface area contributed by atoms with Crippen molar-refractivity contribution in [3.8, 4) is 0 Å². The normalized spacial score (nSPS) is 10.3. The summed E-state index contributed by atoms with van der Waals surface area (Å²) in [5, 5.41) is 3.48. The molecule has 1 N–H and O–H groups in total. The highest BCUT2D eigenvalue weighted by atomic mass is 79.9. The van der Waals surface area contributed by atoms with Gasteiger partial charge in [0.1, 0.15) is 0 Å². The highest BCUT2D eigenvalue weighted by Gasteiger charge is 2.10. The smallest absolute Gasteiger partial charge is 0.255 e. The van der Waals surface area contributed by atoms with E-state index in [1.165, 1.54) is 0 Å².